The third-order valence-electron chi connectivity index (χ3n) is 4.59. The molecule has 2 N–H and O–H groups in total. The van der Waals surface area contributed by atoms with Gasteiger partial charge in [-0.05, 0) is 31.5 Å². The van der Waals surface area contributed by atoms with E-state index in [0.717, 1.165) is 4.57 Å². The van der Waals surface area contributed by atoms with Gasteiger partial charge in [-0.25, -0.2) is 4.98 Å². The number of amides is 1. The van der Waals surface area contributed by atoms with E-state index in [4.69, 9.17) is 5.73 Å². The molecule has 0 bridgehead atoms. The topological polar surface area (TPSA) is 81.2 Å². The van der Waals surface area contributed by atoms with Crippen LogP contribution in [0.2, 0.25) is 0 Å². The number of para-hydroxylation sites is 1. The van der Waals surface area contributed by atoms with Crippen LogP contribution in [0, 0.1) is 5.92 Å². The number of benzene rings is 1. The fourth-order valence-corrected chi connectivity index (χ4v) is 3.32. The van der Waals surface area contributed by atoms with E-state index in [1.54, 1.807) is 29.2 Å². The van der Waals surface area contributed by atoms with Crippen molar-refractivity contribution < 1.29 is 18.0 Å². The number of piperidine rings is 1. The molecule has 2 aromatic rings. The highest BCUT2D eigenvalue weighted by atomic mass is 19.4. The summed E-state index contributed by atoms with van der Waals surface area (Å²) in [6, 6.07) is 6.64. The van der Waals surface area contributed by atoms with E-state index in [9.17, 15) is 22.8 Å². The molecule has 1 aliphatic heterocycles. The van der Waals surface area contributed by atoms with Crippen molar-refractivity contribution in [2.24, 2.45) is 11.7 Å². The highest BCUT2D eigenvalue weighted by Crippen LogP contribution is 2.33. The van der Waals surface area contributed by atoms with Crippen molar-refractivity contribution in [1.29, 1.82) is 0 Å². The Bertz CT molecular complexity index is 878. The number of alkyl halides is 3. The monoisotopic (exact) mass is 368 g/mol. The maximum Gasteiger partial charge on any atom is 0.393 e. The van der Waals surface area contributed by atoms with Gasteiger partial charge < -0.3 is 5.73 Å². The third-order valence-corrected chi connectivity index (χ3v) is 4.59. The second kappa shape index (κ2) is 7.06. The van der Waals surface area contributed by atoms with Crippen molar-refractivity contribution in [2.75, 3.05) is 13.1 Å². The van der Waals surface area contributed by atoms with Crippen molar-refractivity contribution in [2.45, 2.75) is 32.1 Å². The molecule has 9 heteroatoms. The molecule has 1 amide bonds. The summed E-state index contributed by atoms with van der Waals surface area (Å²) < 4.78 is 40.2. The van der Waals surface area contributed by atoms with Crippen LogP contribution in [-0.2, 0) is 17.9 Å². The molecule has 1 fully saturated rings. The molecule has 140 valence electrons. The van der Waals surface area contributed by atoms with Gasteiger partial charge in [0.05, 0.1) is 23.4 Å². The first-order valence-corrected chi connectivity index (χ1v) is 8.31. The van der Waals surface area contributed by atoms with Crippen LogP contribution in [0.5, 0.6) is 0 Å². The fraction of sp³-hybridized carbons (Fsp3) is 0.471. The lowest BCUT2D eigenvalue weighted by Gasteiger charge is -2.33. The van der Waals surface area contributed by atoms with Gasteiger partial charge in [0, 0.05) is 6.54 Å². The quantitative estimate of drug-likeness (QED) is 0.890. The van der Waals surface area contributed by atoms with Crippen LogP contribution in [0.3, 0.4) is 0 Å². The first-order valence-electron chi connectivity index (χ1n) is 8.31. The molecule has 1 aromatic heterocycles. The fourth-order valence-electron chi connectivity index (χ4n) is 3.32. The molecule has 1 saturated heterocycles. The Morgan fingerprint density at radius 1 is 1.31 bits per heavy atom. The number of hydrogen-bond donors (Lipinski definition) is 1. The standard InChI is InChI=1S/C17H19F3N4O2/c18-17(19,20)11-4-3-7-23(8-11)10-15-22-13-6-2-1-5-12(13)16(26)24(15)9-14(21)25/h1-2,5-6,11H,3-4,7-10H2,(H2,21,25)/t11-/m1/s1. The summed E-state index contributed by atoms with van der Waals surface area (Å²) in [6.07, 6.45) is -3.74. The lowest BCUT2D eigenvalue weighted by Crippen LogP contribution is -2.42. The molecule has 0 spiro atoms. The number of likely N-dealkylation sites (tertiary alicyclic amines) is 1. The van der Waals surface area contributed by atoms with Crippen LogP contribution >= 0.6 is 0 Å². The van der Waals surface area contributed by atoms with Gasteiger partial charge in [-0.2, -0.15) is 13.2 Å². The van der Waals surface area contributed by atoms with E-state index in [1.807, 2.05) is 0 Å². The Balaban J connectivity index is 1.95. The minimum absolute atomic E-state index is 0.0555. The predicted molar refractivity (Wildman–Crippen MR) is 89.3 cm³/mol. The van der Waals surface area contributed by atoms with Gasteiger partial charge in [0.15, 0.2) is 0 Å². The number of nitrogens with two attached hydrogens (primary N) is 1. The number of nitrogens with zero attached hydrogens (tertiary/aromatic N) is 3. The summed E-state index contributed by atoms with van der Waals surface area (Å²) >= 11 is 0. The average Bonchev–Trinajstić information content (AvgIpc) is 2.58. The molecule has 2 heterocycles. The second-order valence-corrected chi connectivity index (χ2v) is 6.52. The van der Waals surface area contributed by atoms with E-state index in [0.29, 0.717) is 23.9 Å². The third kappa shape index (κ3) is 3.87. The summed E-state index contributed by atoms with van der Waals surface area (Å²) in [4.78, 5) is 30.0. The number of hydrogen-bond acceptors (Lipinski definition) is 4. The van der Waals surface area contributed by atoms with Gasteiger partial charge in [0.2, 0.25) is 5.91 Å². The molecule has 1 aliphatic rings. The van der Waals surface area contributed by atoms with Crippen LogP contribution in [0.4, 0.5) is 13.2 Å². The number of fused-ring (bicyclic) bond motifs is 1. The largest absolute Gasteiger partial charge is 0.393 e. The zero-order valence-electron chi connectivity index (χ0n) is 14.0. The summed E-state index contributed by atoms with van der Waals surface area (Å²) in [5, 5.41) is 0.337. The molecule has 0 saturated carbocycles. The SMILES string of the molecule is NC(=O)Cn1c(CN2CCC[C@@H](C(F)(F)F)C2)nc2ccccc2c1=O. The van der Waals surface area contributed by atoms with Crippen molar-refractivity contribution >= 4 is 16.8 Å². The average molecular weight is 368 g/mol. The minimum Gasteiger partial charge on any atom is -0.368 e. The lowest BCUT2D eigenvalue weighted by molar-refractivity contribution is -0.187. The smallest absolute Gasteiger partial charge is 0.368 e. The number of halogens is 3. The van der Waals surface area contributed by atoms with E-state index in [-0.39, 0.29) is 31.9 Å². The maximum absolute atomic E-state index is 13.0. The second-order valence-electron chi connectivity index (χ2n) is 6.52. The Morgan fingerprint density at radius 3 is 2.73 bits per heavy atom. The zero-order valence-corrected chi connectivity index (χ0v) is 14.0. The summed E-state index contributed by atoms with van der Waals surface area (Å²) in [5.41, 5.74) is 5.25. The van der Waals surface area contributed by atoms with Gasteiger partial charge in [0.25, 0.3) is 5.56 Å². The molecular weight excluding hydrogens is 349 g/mol. The highest BCUT2D eigenvalue weighted by Gasteiger charge is 2.41. The van der Waals surface area contributed by atoms with E-state index < -0.39 is 23.6 Å². The normalized spacial score (nSPS) is 19.0. The van der Waals surface area contributed by atoms with E-state index in [2.05, 4.69) is 4.98 Å². The van der Waals surface area contributed by atoms with E-state index >= 15 is 0 Å². The Labute approximate surface area is 147 Å². The Hall–Kier alpha value is -2.42. The molecule has 0 aliphatic carbocycles. The van der Waals surface area contributed by atoms with Crippen LogP contribution in [-0.4, -0.2) is 39.6 Å². The summed E-state index contributed by atoms with van der Waals surface area (Å²) in [6.45, 7) is 0.0249. The van der Waals surface area contributed by atoms with Gasteiger partial charge in [-0.3, -0.25) is 19.1 Å². The van der Waals surface area contributed by atoms with Crippen molar-refractivity contribution in [3.8, 4) is 0 Å². The minimum atomic E-state index is -4.25. The molecular formula is C17H19F3N4O2. The molecule has 1 aromatic carbocycles. The van der Waals surface area contributed by atoms with Crippen molar-refractivity contribution in [3.63, 3.8) is 0 Å². The van der Waals surface area contributed by atoms with Gasteiger partial charge >= 0.3 is 6.18 Å². The van der Waals surface area contributed by atoms with E-state index in [1.165, 1.54) is 0 Å². The molecule has 1 atom stereocenters. The summed E-state index contributed by atoms with van der Waals surface area (Å²) in [5.74, 6) is -1.86. The first kappa shape index (κ1) is 18.4. The van der Waals surface area contributed by atoms with Crippen LogP contribution < -0.4 is 11.3 Å². The summed E-state index contributed by atoms with van der Waals surface area (Å²) in [7, 11) is 0. The molecule has 6 nitrogen and oxygen atoms in total. The van der Waals surface area contributed by atoms with Gasteiger partial charge in [-0.1, -0.05) is 12.1 Å². The Kier molecular flexibility index (Phi) is 4.99. The molecule has 3 rings (SSSR count). The highest BCUT2D eigenvalue weighted by molar-refractivity contribution is 5.78. The maximum atomic E-state index is 13.0. The lowest BCUT2D eigenvalue weighted by atomic mass is 9.97. The number of carbonyl (C=O) groups excluding carboxylic acids is 1. The first-order chi connectivity index (χ1) is 12.3. The van der Waals surface area contributed by atoms with Gasteiger partial charge in [-0.15, -0.1) is 0 Å². The Morgan fingerprint density at radius 2 is 2.04 bits per heavy atom. The number of carbonyl (C=O) groups is 1. The molecule has 0 unspecified atom stereocenters. The zero-order chi connectivity index (χ0) is 18.9. The number of primary amides is 1. The van der Waals surface area contributed by atoms with Crippen molar-refractivity contribution in [3.05, 3.63) is 40.4 Å². The molecule has 0 radical (unpaired) electrons. The van der Waals surface area contributed by atoms with Crippen molar-refractivity contribution in [1.82, 2.24) is 14.5 Å². The number of rotatable bonds is 4. The number of aromatic nitrogens is 2. The molecule has 26 heavy (non-hydrogen) atoms. The van der Waals surface area contributed by atoms with Crippen LogP contribution in [0.25, 0.3) is 10.9 Å². The predicted octanol–water partition coefficient (Wildman–Crippen LogP) is 1.66. The van der Waals surface area contributed by atoms with Gasteiger partial charge in [0.1, 0.15) is 12.4 Å². The van der Waals surface area contributed by atoms with Crippen LogP contribution in [0.15, 0.2) is 29.1 Å². The van der Waals surface area contributed by atoms with Crippen LogP contribution in [0.1, 0.15) is 18.7 Å².